The van der Waals surface area contributed by atoms with Crippen molar-refractivity contribution in [3.8, 4) is 16.9 Å². The van der Waals surface area contributed by atoms with Crippen molar-refractivity contribution < 1.29 is 14.3 Å². The molecule has 0 aliphatic carbocycles. The molecule has 1 amide bonds. The third-order valence-electron chi connectivity index (χ3n) is 4.18. The second-order valence-electron chi connectivity index (χ2n) is 6.39. The summed E-state index contributed by atoms with van der Waals surface area (Å²) < 4.78 is 6.71. The van der Waals surface area contributed by atoms with E-state index in [-0.39, 0.29) is 0 Å². The molecule has 0 saturated heterocycles. The number of aryl methyl sites for hydroxylation is 1. The Morgan fingerprint density at radius 1 is 1.11 bits per heavy atom. The summed E-state index contributed by atoms with van der Waals surface area (Å²) in [7, 11) is 0. The lowest BCUT2D eigenvalue weighted by Crippen LogP contribution is -2.29. The molecule has 2 aromatic carbocycles. The summed E-state index contributed by atoms with van der Waals surface area (Å²) in [5.74, 6) is -1.34. The van der Waals surface area contributed by atoms with Crippen molar-refractivity contribution in [3.63, 3.8) is 0 Å². The van der Waals surface area contributed by atoms with Gasteiger partial charge in [-0.1, -0.05) is 48.0 Å². The average molecular weight is 375 g/mol. The molecule has 2 N–H and O–H groups in total. The highest BCUT2D eigenvalue weighted by atomic mass is 16.5. The first-order chi connectivity index (χ1) is 13.4. The molecule has 3 rings (SSSR count). The van der Waals surface area contributed by atoms with Gasteiger partial charge in [-0.25, -0.2) is 9.48 Å². The number of hydrogen-bond acceptors (Lipinski definition) is 4. The fourth-order valence-corrected chi connectivity index (χ4v) is 2.59. The van der Waals surface area contributed by atoms with Gasteiger partial charge in [-0.05, 0) is 32.1 Å². The minimum absolute atomic E-state index is 0.645. The topological polar surface area (TPSA) is 87.2 Å². The largest absolute Gasteiger partial charge is 0.449 e. The van der Waals surface area contributed by atoms with E-state index in [9.17, 15) is 9.59 Å². The number of hydrogen-bond donors (Lipinski definition) is 1. The molecule has 0 radical (unpaired) electrons. The van der Waals surface area contributed by atoms with Gasteiger partial charge in [0.25, 0.3) is 5.91 Å². The maximum atomic E-state index is 12.0. The maximum absolute atomic E-state index is 12.0. The lowest BCUT2D eigenvalue weighted by Gasteiger charge is -2.06. The third kappa shape index (κ3) is 4.54. The van der Waals surface area contributed by atoms with Crippen molar-refractivity contribution in [2.24, 2.45) is 5.73 Å². The maximum Gasteiger partial charge on any atom is 0.331 e. The molecule has 1 heterocycles. The number of carbonyl (C=O) groups excluding carboxylic acids is 2. The summed E-state index contributed by atoms with van der Waals surface area (Å²) in [6, 6.07) is 17.7. The Kier molecular flexibility index (Phi) is 5.69. The summed E-state index contributed by atoms with van der Waals surface area (Å²) in [4.78, 5) is 23.0. The first-order valence-electron chi connectivity index (χ1n) is 8.84. The monoisotopic (exact) mass is 375 g/mol. The number of amides is 1. The number of carbonyl (C=O) groups is 2. The van der Waals surface area contributed by atoms with Crippen LogP contribution in [0, 0.1) is 6.92 Å². The number of ether oxygens (including phenoxy) is 1. The molecular weight excluding hydrogens is 354 g/mol. The molecule has 0 bridgehead atoms. The van der Waals surface area contributed by atoms with Crippen molar-refractivity contribution in [1.82, 2.24) is 9.78 Å². The van der Waals surface area contributed by atoms with Crippen LogP contribution >= 0.6 is 0 Å². The Morgan fingerprint density at radius 2 is 1.79 bits per heavy atom. The van der Waals surface area contributed by atoms with Gasteiger partial charge in [0.1, 0.15) is 0 Å². The third-order valence-corrected chi connectivity index (χ3v) is 4.18. The van der Waals surface area contributed by atoms with Crippen LogP contribution in [0.3, 0.4) is 0 Å². The molecule has 0 spiro atoms. The highest BCUT2D eigenvalue weighted by molar-refractivity contribution is 5.91. The lowest BCUT2D eigenvalue weighted by atomic mass is 10.1. The molecule has 142 valence electrons. The molecule has 1 atom stereocenters. The van der Waals surface area contributed by atoms with Gasteiger partial charge in [-0.2, -0.15) is 5.10 Å². The molecule has 6 heteroatoms. The molecule has 28 heavy (non-hydrogen) atoms. The Labute approximate surface area is 163 Å². The van der Waals surface area contributed by atoms with E-state index >= 15 is 0 Å². The molecule has 0 unspecified atom stereocenters. The number of esters is 1. The summed E-state index contributed by atoms with van der Waals surface area (Å²) in [5, 5.41) is 4.69. The normalized spacial score (nSPS) is 12.1. The SMILES string of the molecule is Cc1ccc(-c2nn(-c3ccccc3)cc2/C=C/C(=O)O[C@H](C)C(N)=O)cc1. The van der Waals surface area contributed by atoms with E-state index < -0.39 is 18.0 Å². The smallest absolute Gasteiger partial charge is 0.331 e. The molecule has 0 fully saturated rings. The van der Waals surface area contributed by atoms with Crippen molar-refractivity contribution in [2.75, 3.05) is 0 Å². The van der Waals surface area contributed by atoms with Crippen molar-refractivity contribution in [1.29, 1.82) is 0 Å². The Balaban J connectivity index is 1.95. The van der Waals surface area contributed by atoms with Crippen LogP contribution in [0.15, 0.2) is 66.9 Å². The van der Waals surface area contributed by atoms with Crippen LogP contribution in [0.1, 0.15) is 18.1 Å². The summed E-state index contributed by atoms with van der Waals surface area (Å²) >= 11 is 0. The highest BCUT2D eigenvalue weighted by Crippen LogP contribution is 2.25. The standard InChI is InChI=1S/C22H21N3O3/c1-15-8-10-17(11-9-15)21-18(12-13-20(26)28-16(2)22(23)27)14-25(24-21)19-6-4-3-5-7-19/h3-14,16H,1-2H3,(H2,23,27)/b13-12+/t16-/m1/s1. The van der Waals surface area contributed by atoms with Crippen molar-refractivity contribution in [3.05, 3.63) is 78.0 Å². The van der Waals surface area contributed by atoms with Crippen molar-refractivity contribution in [2.45, 2.75) is 20.0 Å². The summed E-state index contributed by atoms with van der Waals surface area (Å²) in [6.07, 6.45) is 3.74. The number of primary amides is 1. The van der Waals surface area contributed by atoms with Crippen LogP contribution in [0.4, 0.5) is 0 Å². The number of nitrogens with zero attached hydrogens (tertiary/aromatic N) is 2. The minimum atomic E-state index is -0.985. The van der Waals surface area contributed by atoms with E-state index in [0.717, 1.165) is 28.1 Å². The van der Waals surface area contributed by atoms with Crippen LogP contribution in [-0.2, 0) is 14.3 Å². The molecule has 1 aromatic heterocycles. The first kappa shape index (κ1) is 19.1. The number of nitrogens with two attached hydrogens (primary N) is 1. The zero-order valence-corrected chi connectivity index (χ0v) is 15.7. The van der Waals surface area contributed by atoms with E-state index in [1.807, 2.05) is 67.7 Å². The van der Waals surface area contributed by atoms with Crippen molar-refractivity contribution >= 4 is 18.0 Å². The predicted octanol–water partition coefficient (Wildman–Crippen LogP) is 3.28. The van der Waals surface area contributed by atoms with Crippen LogP contribution in [0.25, 0.3) is 23.0 Å². The minimum Gasteiger partial charge on any atom is -0.449 e. The predicted molar refractivity (Wildman–Crippen MR) is 108 cm³/mol. The van der Waals surface area contributed by atoms with Gasteiger partial charge in [0.2, 0.25) is 0 Å². The van der Waals surface area contributed by atoms with Gasteiger partial charge in [-0.15, -0.1) is 0 Å². The Hall–Kier alpha value is -3.67. The van der Waals surface area contributed by atoms with E-state index in [1.165, 1.54) is 13.0 Å². The average Bonchev–Trinajstić information content (AvgIpc) is 3.12. The molecule has 0 saturated carbocycles. The van der Waals surface area contributed by atoms with Gasteiger partial charge in [0.15, 0.2) is 6.10 Å². The highest BCUT2D eigenvalue weighted by Gasteiger charge is 2.14. The van der Waals surface area contributed by atoms with Gasteiger partial charge in [0.05, 0.1) is 11.4 Å². The van der Waals surface area contributed by atoms with Gasteiger partial charge < -0.3 is 10.5 Å². The zero-order valence-electron chi connectivity index (χ0n) is 15.7. The fourth-order valence-electron chi connectivity index (χ4n) is 2.59. The first-order valence-corrected chi connectivity index (χ1v) is 8.84. The van der Waals surface area contributed by atoms with Crippen LogP contribution in [0.2, 0.25) is 0 Å². The van der Waals surface area contributed by atoms with E-state index in [0.29, 0.717) is 0 Å². The van der Waals surface area contributed by atoms with Gasteiger partial charge in [-0.3, -0.25) is 4.79 Å². The summed E-state index contributed by atoms with van der Waals surface area (Å²) in [5.41, 5.74) is 9.58. The Bertz CT molecular complexity index is 1010. The van der Waals surface area contributed by atoms with E-state index in [1.54, 1.807) is 10.8 Å². The number of para-hydroxylation sites is 1. The molecule has 6 nitrogen and oxygen atoms in total. The van der Waals surface area contributed by atoms with Crippen LogP contribution < -0.4 is 5.73 Å². The van der Waals surface area contributed by atoms with E-state index in [4.69, 9.17) is 10.5 Å². The fraction of sp³-hybridized carbons (Fsp3) is 0.136. The molecule has 0 aliphatic rings. The number of rotatable bonds is 6. The zero-order chi connectivity index (χ0) is 20.1. The van der Waals surface area contributed by atoms with Crippen LogP contribution in [-0.4, -0.2) is 27.8 Å². The molecular formula is C22H21N3O3. The van der Waals surface area contributed by atoms with Crippen LogP contribution in [0.5, 0.6) is 0 Å². The second-order valence-corrected chi connectivity index (χ2v) is 6.39. The quantitative estimate of drug-likeness (QED) is 0.529. The molecule has 0 aliphatic heterocycles. The Morgan fingerprint density at radius 3 is 2.43 bits per heavy atom. The van der Waals surface area contributed by atoms with Gasteiger partial charge >= 0.3 is 5.97 Å². The second kappa shape index (κ2) is 8.35. The molecule has 3 aromatic rings. The van der Waals surface area contributed by atoms with E-state index in [2.05, 4.69) is 5.10 Å². The lowest BCUT2D eigenvalue weighted by molar-refractivity contribution is -0.148. The number of benzene rings is 2. The number of aromatic nitrogens is 2. The summed E-state index contributed by atoms with van der Waals surface area (Å²) in [6.45, 7) is 3.45. The van der Waals surface area contributed by atoms with Gasteiger partial charge in [0, 0.05) is 23.4 Å².